The van der Waals surface area contributed by atoms with Gasteiger partial charge in [-0.2, -0.15) is 5.26 Å². The second-order valence-electron chi connectivity index (χ2n) is 8.10. The zero-order chi connectivity index (χ0) is 24.0. The van der Waals surface area contributed by atoms with Crippen molar-refractivity contribution < 1.29 is 27.4 Å². The molecule has 0 saturated heterocycles. The molecule has 1 heterocycles. The number of para-hydroxylation sites is 1. The van der Waals surface area contributed by atoms with E-state index in [1.54, 1.807) is 36.4 Å². The molecule has 33 heavy (non-hydrogen) atoms. The number of Topliss-reactive ketones (excluding diaryl/α,β-unsaturated/α-hetero) is 1. The lowest BCUT2D eigenvalue weighted by molar-refractivity contribution is 0.0835. The molecule has 0 spiro atoms. The molecule has 0 unspecified atom stereocenters. The Balaban J connectivity index is 1.87. The highest BCUT2D eigenvalue weighted by Crippen LogP contribution is 2.45. The van der Waals surface area contributed by atoms with Gasteiger partial charge in [-0.3, -0.25) is 4.79 Å². The first kappa shape index (κ1) is 22.7. The summed E-state index contributed by atoms with van der Waals surface area (Å²) in [6, 6.07) is 12.6. The van der Waals surface area contributed by atoms with E-state index < -0.39 is 15.4 Å². The van der Waals surface area contributed by atoms with Crippen molar-refractivity contribution in [3.63, 3.8) is 0 Å². The van der Waals surface area contributed by atoms with E-state index in [4.69, 9.17) is 14.2 Å². The lowest BCUT2D eigenvalue weighted by atomic mass is 9.69. The molecule has 0 radical (unpaired) electrons. The Hall–Kier alpha value is -3.51. The predicted molar refractivity (Wildman–Crippen MR) is 123 cm³/mol. The first-order valence-electron chi connectivity index (χ1n) is 10.3. The number of rotatable bonds is 6. The Labute approximate surface area is 192 Å². The minimum Gasteiger partial charge on any atom is -0.493 e. The molecule has 0 amide bonds. The van der Waals surface area contributed by atoms with Gasteiger partial charge in [0.1, 0.15) is 5.41 Å². The summed E-state index contributed by atoms with van der Waals surface area (Å²) in [4.78, 5) is 13.8. The standard InChI is InChI=1S/C24H24N2O6S/c1-30-19-11-15(12-20(31-2)22(19)32-3)13-24(14-25)10-9-18-21(23(24)27)16-7-5-6-8-17(16)26(18)33(4,28)29/h5-8,11-12H,9-10,13H2,1-4H3/t24-/m1/s1. The van der Waals surface area contributed by atoms with Gasteiger partial charge in [-0.1, -0.05) is 18.2 Å². The van der Waals surface area contributed by atoms with Gasteiger partial charge >= 0.3 is 0 Å². The smallest absolute Gasteiger partial charge is 0.236 e. The monoisotopic (exact) mass is 468 g/mol. The van der Waals surface area contributed by atoms with Gasteiger partial charge in [0.05, 0.1) is 39.2 Å². The molecule has 0 aliphatic heterocycles. The van der Waals surface area contributed by atoms with Crippen LogP contribution >= 0.6 is 0 Å². The van der Waals surface area contributed by atoms with Gasteiger partial charge < -0.3 is 14.2 Å². The van der Waals surface area contributed by atoms with Gasteiger partial charge in [0.15, 0.2) is 17.3 Å². The molecule has 1 aliphatic carbocycles. The van der Waals surface area contributed by atoms with Crippen molar-refractivity contribution in [2.24, 2.45) is 5.41 Å². The highest BCUT2D eigenvalue weighted by molar-refractivity contribution is 7.89. The summed E-state index contributed by atoms with van der Waals surface area (Å²) in [7, 11) is 0.854. The Bertz CT molecular complexity index is 1390. The van der Waals surface area contributed by atoms with Gasteiger partial charge in [0.25, 0.3) is 0 Å². The number of aromatic nitrogens is 1. The van der Waals surface area contributed by atoms with E-state index in [0.717, 1.165) is 6.26 Å². The van der Waals surface area contributed by atoms with E-state index in [0.29, 0.717) is 45.0 Å². The van der Waals surface area contributed by atoms with Crippen molar-refractivity contribution >= 4 is 26.7 Å². The van der Waals surface area contributed by atoms with Crippen LogP contribution in [0.2, 0.25) is 0 Å². The number of ketones is 1. The molecule has 0 saturated carbocycles. The molecule has 3 aromatic rings. The van der Waals surface area contributed by atoms with E-state index in [1.165, 1.54) is 25.3 Å². The molecule has 2 aromatic carbocycles. The van der Waals surface area contributed by atoms with Gasteiger partial charge in [-0.25, -0.2) is 12.4 Å². The zero-order valence-corrected chi connectivity index (χ0v) is 19.7. The maximum absolute atomic E-state index is 13.8. The molecule has 0 bridgehead atoms. The van der Waals surface area contributed by atoms with Crippen LogP contribution < -0.4 is 14.2 Å². The third-order valence-corrected chi connectivity index (χ3v) is 7.23. The van der Waals surface area contributed by atoms with Crippen LogP contribution in [0.15, 0.2) is 36.4 Å². The average molecular weight is 469 g/mol. The number of hydrogen-bond acceptors (Lipinski definition) is 7. The maximum atomic E-state index is 13.8. The first-order valence-corrected chi connectivity index (χ1v) is 12.1. The third-order valence-electron chi connectivity index (χ3n) is 6.15. The Morgan fingerprint density at radius 1 is 1.09 bits per heavy atom. The average Bonchev–Trinajstić information content (AvgIpc) is 3.15. The molecule has 1 atom stereocenters. The van der Waals surface area contributed by atoms with Crippen molar-refractivity contribution in [2.45, 2.75) is 19.3 Å². The van der Waals surface area contributed by atoms with Gasteiger partial charge in [-0.05, 0) is 43.0 Å². The third kappa shape index (κ3) is 3.51. The van der Waals surface area contributed by atoms with Crippen LogP contribution in [0.1, 0.15) is 28.0 Å². The Kier molecular flexibility index (Phi) is 5.58. The molecule has 0 N–H and O–H groups in total. The van der Waals surface area contributed by atoms with Gasteiger partial charge in [0, 0.05) is 16.6 Å². The summed E-state index contributed by atoms with van der Waals surface area (Å²) in [5.74, 6) is 0.900. The molecule has 9 heteroatoms. The van der Waals surface area contributed by atoms with E-state index in [9.17, 15) is 18.5 Å². The molecular formula is C24H24N2O6S. The van der Waals surface area contributed by atoms with Crippen molar-refractivity contribution in [3.8, 4) is 23.3 Å². The van der Waals surface area contributed by atoms with Crippen LogP contribution in [0.25, 0.3) is 10.9 Å². The highest BCUT2D eigenvalue weighted by Gasteiger charge is 2.46. The fraction of sp³-hybridized carbons (Fsp3) is 0.333. The zero-order valence-electron chi connectivity index (χ0n) is 18.8. The number of methoxy groups -OCH3 is 3. The van der Waals surface area contributed by atoms with Crippen LogP contribution in [0.5, 0.6) is 17.2 Å². The summed E-state index contributed by atoms with van der Waals surface area (Å²) < 4.78 is 42.5. The molecule has 1 aliphatic rings. The second kappa shape index (κ2) is 8.12. The van der Waals surface area contributed by atoms with Crippen LogP contribution in [-0.4, -0.2) is 45.8 Å². The van der Waals surface area contributed by atoms with Crippen molar-refractivity contribution in [1.29, 1.82) is 5.26 Å². The van der Waals surface area contributed by atoms with Crippen LogP contribution in [0, 0.1) is 16.7 Å². The van der Waals surface area contributed by atoms with Crippen LogP contribution in [-0.2, 0) is 22.9 Å². The molecule has 8 nitrogen and oxygen atoms in total. The normalized spacial score (nSPS) is 18.0. The lowest BCUT2D eigenvalue weighted by Gasteiger charge is -2.30. The predicted octanol–water partition coefficient (Wildman–Crippen LogP) is 3.36. The summed E-state index contributed by atoms with van der Waals surface area (Å²) in [5.41, 5.74) is 0.495. The minimum atomic E-state index is -3.64. The van der Waals surface area contributed by atoms with E-state index in [-0.39, 0.29) is 25.0 Å². The Morgan fingerprint density at radius 2 is 1.73 bits per heavy atom. The second-order valence-corrected chi connectivity index (χ2v) is 9.93. The molecule has 1 aromatic heterocycles. The minimum absolute atomic E-state index is 0.122. The maximum Gasteiger partial charge on any atom is 0.236 e. The lowest BCUT2D eigenvalue weighted by Crippen LogP contribution is -2.37. The number of nitrogens with zero attached hydrogens (tertiary/aromatic N) is 2. The van der Waals surface area contributed by atoms with Gasteiger partial charge in [0.2, 0.25) is 15.8 Å². The van der Waals surface area contributed by atoms with Crippen molar-refractivity contribution in [2.75, 3.05) is 27.6 Å². The van der Waals surface area contributed by atoms with Crippen LogP contribution in [0.4, 0.5) is 0 Å². The van der Waals surface area contributed by atoms with Crippen molar-refractivity contribution in [1.82, 2.24) is 3.97 Å². The molecule has 172 valence electrons. The van der Waals surface area contributed by atoms with E-state index in [1.807, 2.05) is 0 Å². The van der Waals surface area contributed by atoms with E-state index >= 15 is 0 Å². The fourth-order valence-electron chi connectivity index (χ4n) is 4.71. The molecule has 0 fully saturated rings. The number of carbonyl (C=O) groups is 1. The molecular weight excluding hydrogens is 444 g/mol. The quantitative estimate of drug-likeness (QED) is 0.546. The first-order chi connectivity index (χ1) is 15.7. The summed E-state index contributed by atoms with van der Waals surface area (Å²) in [6.07, 6.45) is 1.71. The number of carbonyl (C=O) groups excluding carboxylic acids is 1. The fourth-order valence-corrected chi connectivity index (χ4v) is 5.81. The van der Waals surface area contributed by atoms with Gasteiger partial charge in [-0.15, -0.1) is 0 Å². The highest BCUT2D eigenvalue weighted by atomic mass is 32.2. The van der Waals surface area contributed by atoms with Crippen molar-refractivity contribution in [3.05, 3.63) is 53.2 Å². The topological polar surface area (TPSA) is 108 Å². The number of hydrogen-bond donors (Lipinski definition) is 0. The van der Waals surface area contributed by atoms with Crippen LogP contribution in [0.3, 0.4) is 0 Å². The molecule has 4 rings (SSSR count). The number of benzene rings is 2. The largest absolute Gasteiger partial charge is 0.493 e. The SMILES string of the molecule is COc1cc(C[C@@]2(C#N)CCc3c(c4ccccc4n3S(C)(=O)=O)C2=O)cc(OC)c1OC. The summed E-state index contributed by atoms with van der Waals surface area (Å²) in [6.45, 7) is 0. The summed E-state index contributed by atoms with van der Waals surface area (Å²) >= 11 is 0. The number of fused-ring (bicyclic) bond motifs is 3. The Morgan fingerprint density at radius 3 is 2.27 bits per heavy atom. The van der Waals surface area contributed by atoms with E-state index in [2.05, 4.69) is 6.07 Å². The summed E-state index contributed by atoms with van der Waals surface area (Å²) in [5, 5.41) is 10.7. The number of ether oxygens (including phenoxy) is 3. The number of nitriles is 1.